The molecule has 2 aliphatic carbocycles. The molecule has 0 spiro atoms. The summed E-state index contributed by atoms with van der Waals surface area (Å²) in [6.07, 6.45) is 5.50. The highest BCUT2D eigenvalue weighted by Crippen LogP contribution is 2.49. The number of ether oxygens (including phenoxy) is 1. The highest BCUT2D eigenvalue weighted by Gasteiger charge is 2.40. The van der Waals surface area contributed by atoms with Crippen molar-refractivity contribution >= 4 is 17.6 Å². The van der Waals surface area contributed by atoms with Crippen LogP contribution in [0.15, 0.2) is 18.2 Å². The molecule has 0 unspecified atom stereocenters. The minimum atomic E-state index is -0.279. The fourth-order valence-electron chi connectivity index (χ4n) is 4.19. The monoisotopic (exact) mass is 315 g/mol. The van der Waals surface area contributed by atoms with Gasteiger partial charge in [0, 0.05) is 12.1 Å². The first-order valence-corrected chi connectivity index (χ1v) is 8.54. The van der Waals surface area contributed by atoms with Crippen molar-refractivity contribution in [1.29, 1.82) is 0 Å². The van der Waals surface area contributed by atoms with Crippen molar-refractivity contribution in [1.82, 2.24) is 0 Å². The molecule has 2 saturated carbocycles. The molecule has 1 amide bonds. The predicted octanol–water partition coefficient (Wildman–Crippen LogP) is 3.61. The molecule has 0 aromatic heterocycles. The standard InChI is InChI=1S/C19H25NO3/c1-12-3-6-17(13(2)7-12)20-18(21)11-23-19(22)10-16-9-14-4-5-15(16)8-14/h3,6-7,14-16H,4-5,8-11H2,1-2H3,(H,20,21)/t14-,15-,16-/m0/s1. The maximum absolute atomic E-state index is 11.9. The second-order valence-electron chi connectivity index (χ2n) is 7.17. The number of hydrogen-bond acceptors (Lipinski definition) is 3. The molecule has 0 aliphatic heterocycles. The number of amides is 1. The molecule has 0 heterocycles. The molecular weight excluding hydrogens is 290 g/mol. The number of esters is 1. The Morgan fingerprint density at radius 3 is 2.70 bits per heavy atom. The average Bonchev–Trinajstić information content (AvgIpc) is 3.11. The van der Waals surface area contributed by atoms with Crippen molar-refractivity contribution in [3.05, 3.63) is 29.3 Å². The first-order valence-electron chi connectivity index (χ1n) is 8.54. The van der Waals surface area contributed by atoms with Crippen LogP contribution in [0.25, 0.3) is 0 Å². The molecule has 1 aromatic rings. The number of carbonyl (C=O) groups is 2. The Hall–Kier alpha value is -1.84. The minimum absolute atomic E-state index is 0.201. The molecule has 1 aromatic carbocycles. The highest BCUT2D eigenvalue weighted by molar-refractivity contribution is 5.93. The van der Waals surface area contributed by atoms with Crippen LogP contribution in [-0.2, 0) is 14.3 Å². The van der Waals surface area contributed by atoms with Gasteiger partial charge in [-0.1, -0.05) is 24.1 Å². The summed E-state index contributed by atoms with van der Waals surface area (Å²) >= 11 is 0. The Bertz CT molecular complexity index is 611. The number of fused-ring (bicyclic) bond motifs is 2. The fraction of sp³-hybridized carbons (Fsp3) is 0.579. The van der Waals surface area contributed by atoms with Crippen LogP contribution in [-0.4, -0.2) is 18.5 Å². The summed E-state index contributed by atoms with van der Waals surface area (Å²) in [6.45, 7) is 3.76. The van der Waals surface area contributed by atoms with Gasteiger partial charge in [-0.15, -0.1) is 0 Å². The van der Waals surface area contributed by atoms with E-state index in [1.807, 2.05) is 32.0 Å². The maximum Gasteiger partial charge on any atom is 0.306 e. The van der Waals surface area contributed by atoms with E-state index in [1.165, 1.54) is 19.3 Å². The van der Waals surface area contributed by atoms with Crippen molar-refractivity contribution in [2.24, 2.45) is 17.8 Å². The van der Waals surface area contributed by atoms with Crippen LogP contribution >= 0.6 is 0 Å². The summed E-state index contributed by atoms with van der Waals surface area (Å²) in [7, 11) is 0. The zero-order valence-corrected chi connectivity index (χ0v) is 13.9. The van der Waals surface area contributed by atoms with E-state index < -0.39 is 0 Å². The molecule has 4 nitrogen and oxygen atoms in total. The molecule has 0 saturated heterocycles. The summed E-state index contributed by atoms with van der Waals surface area (Å²) in [5.41, 5.74) is 2.93. The number of hydrogen-bond donors (Lipinski definition) is 1. The molecule has 2 bridgehead atoms. The lowest BCUT2D eigenvalue weighted by Crippen LogP contribution is -2.23. The van der Waals surface area contributed by atoms with E-state index in [1.54, 1.807) is 0 Å². The number of benzene rings is 1. The number of anilines is 1. The van der Waals surface area contributed by atoms with E-state index in [9.17, 15) is 9.59 Å². The molecule has 3 rings (SSSR count). The smallest absolute Gasteiger partial charge is 0.306 e. The van der Waals surface area contributed by atoms with Gasteiger partial charge < -0.3 is 10.1 Å². The third-order valence-corrected chi connectivity index (χ3v) is 5.33. The number of nitrogens with one attached hydrogen (secondary N) is 1. The van der Waals surface area contributed by atoms with Crippen LogP contribution in [0.4, 0.5) is 5.69 Å². The van der Waals surface area contributed by atoms with Gasteiger partial charge in [0.2, 0.25) is 0 Å². The van der Waals surface area contributed by atoms with E-state index in [0.29, 0.717) is 18.3 Å². The molecule has 4 heteroatoms. The van der Waals surface area contributed by atoms with Crippen LogP contribution in [0.1, 0.15) is 43.2 Å². The molecule has 23 heavy (non-hydrogen) atoms. The SMILES string of the molecule is Cc1ccc(NC(=O)COC(=O)C[C@@H]2C[C@H]3CC[C@H]2C3)c(C)c1. The lowest BCUT2D eigenvalue weighted by atomic mass is 9.86. The molecule has 0 radical (unpaired) electrons. The summed E-state index contributed by atoms with van der Waals surface area (Å²) in [5.74, 6) is 1.49. The van der Waals surface area contributed by atoms with Crippen molar-refractivity contribution in [2.75, 3.05) is 11.9 Å². The topological polar surface area (TPSA) is 55.4 Å². The average molecular weight is 315 g/mol. The third-order valence-electron chi connectivity index (χ3n) is 5.33. The summed E-state index contributed by atoms with van der Waals surface area (Å²) < 4.78 is 5.16. The van der Waals surface area contributed by atoms with Crippen LogP contribution in [0.3, 0.4) is 0 Å². The van der Waals surface area contributed by atoms with E-state index in [-0.39, 0.29) is 18.5 Å². The summed E-state index contributed by atoms with van der Waals surface area (Å²) in [5, 5.41) is 2.80. The fourth-order valence-corrected chi connectivity index (χ4v) is 4.19. The molecule has 3 atom stereocenters. The van der Waals surface area contributed by atoms with Crippen LogP contribution in [0, 0.1) is 31.6 Å². The Kier molecular flexibility index (Phi) is 4.69. The normalized spacial score (nSPS) is 25.4. The van der Waals surface area contributed by atoms with Gasteiger partial charge >= 0.3 is 5.97 Å². The Balaban J connectivity index is 1.42. The summed E-state index contributed by atoms with van der Waals surface area (Å²) in [6, 6.07) is 5.83. The van der Waals surface area contributed by atoms with E-state index in [4.69, 9.17) is 4.74 Å². The zero-order valence-electron chi connectivity index (χ0n) is 13.9. The van der Waals surface area contributed by atoms with Gasteiger partial charge in [-0.2, -0.15) is 0 Å². The molecular formula is C19H25NO3. The zero-order chi connectivity index (χ0) is 16.4. The van der Waals surface area contributed by atoms with Crippen LogP contribution in [0.2, 0.25) is 0 Å². The van der Waals surface area contributed by atoms with Gasteiger partial charge in [0.1, 0.15) is 0 Å². The van der Waals surface area contributed by atoms with Crippen molar-refractivity contribution in [3.63, 3.8) is 0 Å². The quantitative estimate of drug-likeness (QED) is 0.845. The van der Waals surface area contributed by atoms with Crippen LogP contribution in [0.5, 0.6) is 0 Å². The van der Waals surface area contributed by atoms with Gasteiger partial charge in [-0.3, -0.25) is 9.59 Å². The van der Waals surface area contributed by atoms with Gasteiger partial charge in [0.25, 0.3) is 5.91 Å². The summed E-state index contributed by atoms with van der Waals surface area (Å²) in [4.78, 5) is 23.9. The second kappa shape index (κ2) is 6.73. The second-order valence-corrected chi connectivity index (χ2v) is 7.17. The van der Waals surface area contributed by atoms with Gasteiger partial charge in [0.05, 0.1) is 0 Å². The lowest BCUT2D eigenvalue weighted by Gasteiger charge is -2.20. The first-order chi connectivity index (χ1) is 11.0. The van der Waals surface area contributed by atoms with E-state index in [0.717, 1.165) is 29.2 Å². The Labute approximate surface area is 137 Å². The van der Waals surface area contributed by atoms with Gasteiger partial charge in [-0.05, 0) is 62.5 Å². The molecule has 1 N–H and O–H groups in total. The van der Waals surface area contributed by atoms with E-state index >= 15 is 0 Å². The number of aryl methyl sites for hydroxylation is 2. The highest BCUT2D eigenvalue weighted by atomic mass is 16.5. The van der Waals surface area contributed by atoms with Gasteiger partial charge in [0.15, 0.2) is 6.61 Å². The third kappa shape index (κ3) is 3.92. The van der Waals surface area contributed by atoms with Crippen molar-refractivity contribution in [2.45, 2.75) is 46.0 Å². The minimum Gasteiger partial charge on any atom is -0.456 e. The number of rotatable bonds is 5. The molecule has 2 fully saturated rings. The predicted molar refractivity (Wildman–Crippen MR) is 89.1 cm³/mol. The first kappa shape index (κ1) is 16.0. The largest absolute Gasteiger partial charge is 0.456 e. The van der Waals surface area contributed by atoms with Gasteiger partial charge in [-0.25, -0.2) is 0 Å². The Morgan fingerprint density at radius 1 is 1.22 bits per heavy atom. The molecule has 124 valence electrons. The maximum atomic E-state index is 11.9. The number of carbonyl (C=O) groups excluding carboxylic acids is 2. The molecule has 2 aliphatic rings. The van der Waals surface area contributed by atoms with Crippen molar-refractivity contribution in [3.8, 4) is 0 Å². The van der Waals surface area contributed by atoms with E-state index in [2.05, 4.69) is 5.32 Å². The Morgan fingerprint density at radius 2 is 2.04 bits per heavy atom. The van der Waals surface area contributed by atoms with Crippen LogP contribution < -0.4 is 5.32 Å². The van der Waals surface area contributed by atoms with Crippen molar-refractivity contribution < 1.29 is 14.3 Å². The lowest BCUT2D eigenvalue weighted by molar-refractivity contribution is -0.148.